The summed E-state index contributed by atoms with van der Waals surface area (Å²) in [5.74, 6) is 0.0996. The molecule has 0 spiro atoms. The van der Waals surface area contributed by atoms with E-state index in [9.17, 15) is 4.79 Å². The summed E-state index contributed by atoms with van der Waals surface area (Å²) >= 11 is 1.71. The molecule has 1 amide bonds. The fourth-order valence-electron chi connectivity index (χ4n) is 3.92. The largest absolute Gasteiger partial charge is 0.377 e. The lowest BCUT2D eigenvalue weighted by Gasteiger charge is -2.60. The van der Waals surface area contributed by atoms with Crippen LogP contribution in [0.25, 0.3) is 0 Å². The summed E-state index contributed by atoms with van der Waals surface area (Å²) < 4.78 is 5.75. The van der Waals surface area contributed by atoms with Crippen molar-refractivity contribution in [1.29, 1.82) is 0 Å². The first-order valence-corrected chi connectivity index (χ1v) is 8.38. The number of aryl methyl sites for hydroxylation is 1. The molecule has 1 aromatic rings. The summed E-state index contributed by atoms with van der Waals surface area (Å²) in [6.07, 6.45) is 0.998. The molecule has 3 rings (SSSR count). The maximum Gasteiger partial charge on any atom is 0.241 e. The van der Waals surface area contributed by atoms with Gasteiger partial charge in [0.2, 0.25) is 5.91 Å². The van der Waals surface area contributed by atoms with Gasteiger partial charge in [-0.2, -0.15) is 0 Å². The maximum absolute atomic E-state index is 12.8. The van der Waals surface area contributed by atoms with Gasteiger partial charge in [-0.15, -0.1) is 11.3 Å². The van der Waals surface area contributed by atoms with Crippen molar-refractivity contribution >= 4 is 17.2 Å². The van der Waals surface area contributed by atoms with E-state index in [-0.39, 0.29) is 29.4 Å². The molecule has 0 bridgehead atoms. The molecule has 1 aliphatic heterocycles. The van der Waals surface area contributed by atoms with E-state index in [0.29, 0.717) is 6.61 Å². The van der Waals surface area contributed by atoms with Crippen molar-refractivity contribution in [1.82, 2.24) is 5.32 Å². The summed E-state index contributed by atoms with van der Waals surface area (Å²) in [5.41, 5.74) is 5.41. The molecule has 2 heterocycles. The van der Waals surface area contributed by atoms with Crippen molar-refractivity contribution in [3.05, 3.63) is 21.9 Å². The molecule has 1 aromatic heterocycles. The summed E-state index contributed by atoms with van der Waals surface area (Å²) in [6, 6.07) is 4.14. The van der Waals surface area contributed by atoms with Gasteiger partial charge in [0, 0.05) is 27.7 Å². The molecule has 5 heteroatoms. The molecule has 116 valence electrons. The Labute approximate surface area is 130 Å². The van der Waals surface area contributed by atoms with E-state index in [2.05, 4.69) is 24.4 Å². The van der Waals surface area contributed by atoms with Gasteiger partial charge in [-0.3, -0.25) is 4.79 Å². The van der Waals surface area contributed by atoms with E-state index < -0.39 is 5.54 Å². The first-order chi connectivity index (χ1) is 9.78. The van der Waals surface area contributed by atoms with E-state index in [1.54, 1.807) is 11.3 Å². The van der Waals surface area contributed by atoms with E-state index in [0.717, 1.165) is 6.42 Å². The third-order valence-electron chi connectivity index (χ3n) is 5.37. The Bertz CT molecular complexity index is 568. The summed E-state index contributed by atoms with van der Waals surface area (Å²) in [7, 11) is 0. The lowest BCUT2D eigenvalue weighted by Crippen LogP contribution is -2.80. The third kappa shape index (κ3) is 1.98. The Balaban J connectivity index is 1.76. The third-order valence-corrected chi connectivity index (χ3v) is 6.55. The predicted molar refractivity (Wildman–Crippen MR) is 84.2 cm³/mol. The van der Waals surface area contributed by atoms with Gasteiger partial charge >= 0.3 is 0 Å². The molecular weight excluding hydrogens is 284 g/mol. The molecule has 1 aliphatic carbocycles. The smallest absolute Gasteiger partial charge is 0.241 e. The highest BCUT2D eigenvalue weighted by Gasteiger charge is 2.71. The molecule has 4 unspecified atom stereocenters. The van der Waals surface area contributed by atoms with Crippen molar-refractivity contribution in [3.8, 4) is 0 Å². The van der Waals surface area contributed by atoms with Crippen LogP contribution in [0.2, 0.25) is 0 Å². The molecule has 0 radical (unpaired) electrons. The molecule has 2 aliphatic rings. The monoisotopic (exact) mass is 308 g/mol. The highest BCUT2D eigenvalue weighted by atomic mass is 32.1. The van der Waals surface area contributed by atoms with E-state index in [1.807, 2.05) is 20.8 Å². The molecule has 1 saturated heterocycles. The zero-order chi connectivity index (χ0) is 15.4. The fourth-order valence-corrected chi connectivity index (χ4v) is 4.80. The van der Waals surface area contributed by atoms with Gasteiger partial charge in [0.1, 0.15) is 5.54 Å². The number of carbonyl (C=O) groups excluding carboxylic acids is 1. The maximum atomic E-state index is 12.8. The number of amides is 1. The molecule has 1 saturated carbocycles. The van der Waals surface area contributed by atoms with Crippen LogP contribution in [-0.2, 0) is 9.53 Å². The van der Waals surface area contributed by atoms with Crippen LogP contribution in [0.3, 0.4) is 0 Å². The Kier molecular flexibility index (Phi) is 3.43. The van der Waals surface area contributed by atoms with E-state index in [4.69, 9.17) is 10.5 Å². The first kappa shape index (κ1) is 15.0. The first-order valence-electron chi connectivity index (χ1n) is 7.56. The Morgan fingerprint density at radius 1 is 1.52 bits per heavy atom. The number of thiophene rings is 1. The summed E-state index contributed by atoms with van der Waals surface area (Å²) in [6.45, 7) is 8.88. The van der Waals surface area contributed by atoms with Gasteiger partial charge < -0.3 is 15.8 Å². The molecule has 4 atom stereocenters. The van der Waals surface area contributed by atoms with Gasteiger partial charge in [0.05, 0.1) is 12.1 Å². The van der Waals surface area contributed by atoms with Crippen LogP contribution in [0.15, 0.2) is 12.1 Å². The second-order valence-electron chi connectivity index (χ2n) is 6.92. The van der Waals surface area contributed by atoms with Crippen molar-refractivity contribution in [3.63, 3.8) is 0 Å². The minimum absolute atomic E-state index is 0.00574. The molecule has 0 aromatic carbocycles. The SMILES string of the molecule is Cc1ccc(C(C)NC(=O)C2(N)C3CCOC3C2(C)C)s1. The van der Waals surface area contributed by atoms with Gasteiger partial charge in [-0.1, -0.05) is 13.8 Å². The van der Waals surface area contributed by atoms with Crippen LogP contribution in [0.1, 0.15) is 43.0 Å². The Morgan fingerprint density at radius 2 is 2.24 bits per heavy atom. The minimum Gasteiger partial charge on any atom is -0.377 e. The molecule has 21 heavy (non-hydrogen) atoms. The van der Waals surface area contributed by atoms with Gasteiger partial charge in [0.15, 0.2) is 0 Å². The van der Waals surface area contributed by atoms with Crippen molar-refractivity contribution in [2.24, 2.45) is 17.1 Å². The average Bonchev–Trinajstić information content (AvgIpc) is 3.05. The lowest BCUT2D eigenvalue weighted by molar-refractivity contribution is -0.175. The zero-order valence-electron chi connectivity index (χ0n) is 13.1. The van der Waals surface area contributed by atoms with Crippen LogP contribution in [0.5, 0.6) is 0 Å². The van der Waals surface area contributed by atoms with Crippen LogP contribution in [-0.4, -0.2) is 24.2 Å². The lowest BCUT2D eigenvalue weighted by atomic mass is 9.48. The van der Waals surface area contributed by atoms with Gasteiger partial charge in [-0.25, -0.2) is 0 Å². The molecular formula is C16H24N2O2S. The highest BCUT2D eigenvalue weighted by molar-refractivity contribution is 7.12. The van der Waals surface area contributed by atoms with Crippen molar-refractivity contribution in [2.75, 3.05) is 6.61 Å². The quantitative estimate of drug-likeness (QED) is 0.901. The molecule has 4 nitrogen and oxygen atoms in total. The minimum atomic E-state index is -0.825. The number of hydrogen-bond donors (Lipinski definition) is 2. The van der Waals surface area contributed by atoms with Crippen LogP contribution in [0, 0.1) is 18.3 Å². The number of nitrogens with one attached hydrogen (secondary N) is 1. The second kappa shape index (κ2) is 4.80. The highest BCUT2D eigenvalue weighted by Crippen LogP contribution is 2.58. The fraction of sp³-hybridized carbons (Fsp3) is 0.688. The number of fused-ring (bicyclic) bond motifs is 1. The van der Waals surface area contributed by atoms with Crippen molar-refractivity contribution in [2.45, 2.75) is 51.8 Å². The average molecular weight is 308 g/mol. The standard InChI is InChI=1S/C16H24N2O2S/c1-9-5-6-12(21-9)10(2)18-14(19)16(17)11-7-8-20-13(11)15(16,3)4/h5-6,10-11,13H,7-8,17H2,1-4H3,(H,18,19). The Hall–Kier alpha value is -0.910. The number of rotatable bonds is 3. The van der Waals surface area contributed by atoms with Crippen molar-refractivity contribution < 1.29 is 9.53 Å². The van der Waals surface area contributed by atoms with E-state index in [1.165, 1.54) is 9.75 Å². The topological polar surface area (TPSA) is 64.4 Å². The number of hydrogen-bond acceptors (Lipinski definition) is 4. The molecule has 3 N–H and O–H groups in total. The summed E-state index contributed by atoms with van der Waals surface area (Å²) in [5, 5.41) is 3.11. The Morgan fingerprint density at radius 3 is 2.86 bits per heavy atom. The number of nitrogens with two attached hydrogens (primary N) is 1. The van der Waals surface area contributed by atoms with Crippen LogP contribution < -0.4 is 11.1 Å². The molecule has 2 fully saturated rings. The van der Waals surface area contributed by atoms with Gasteiger partial charge in [0.25, 0.3) is 0 Å². The summed E-state index contributed by atoms with van der Waals surface area (Å²) in [4.78, 5) is 15.2. The predicted octanol–water partition coefficient (Wildman–Crippen LogP) is 2.38. The second-order valence-corrected chi connectivity index (χ2v) is 8.24. The zero-order valence-corrected chi connectivity index (χ0v) is 13.9. The number of ether oxygens (including phenoxy) is 1. The van der Waals surface area contributed by atoms with Gasteiger partial charge in [-0.05, 0) is 32.4 Å². The normalized spacial score (nSPS) is 34.9. The van der Waals surface area contributed by atoms with Crippen LogP contribution in [0.4, 0.5) is 0 Å². The number of carbonyl (C=O) groups is 1. The van der Waals surface area contributed by atoms with Crippen LogP contribution >= 0.6 is 11.3 Å². The van der Waals surface area contributed by atoms with E-state index >= 15 is 0 Å².